The van der Waals surface area contributed by atoms with E-state index >= 15 is 0 Å². The fraction of sp³-hybridized carbons (Fsp3) is 0. The van der Waals surface area contributed by atoms with Gasteiger partial charge in [0.15, 0.2) is 0 Å². The first-order valence-corrected chi connectivity index (χ1v) is 1.44. The molecule has 3 nitrogen and oxygen atoms in total. The molecule has 0 saturated heterocycles. The molecular formula is CH5NNaO2P. The molecule has 6 heavy (non-hydrogen) atoms. The minimum absolute atomic E-state index is 0. The van der Waals surface area contributed by atoms with Gasteiger partial charge in [-0.15, -0.1) is 0 Å². The predicted octanol–water partition coefficient (Wildman–Crippen LogP) is -1.19. The van der Waals surface area contributed by atoms with Crippen molar-refractivity contribution < 1.29 is 9.42 Å². The average Bonchev–Trinajstić information content (AvgIpc) is 1.41. The van der Waals surface area contributed by atoms with Gasteiger partial charge in [-0.2, -0.15) is 0 Å². The summed E-state index contributed by atoms with van der Waals surface area (Å²) >= 11 is 0. The number of carbonyl (C=O) groups excluding carboxylic acids is 1. The van der Waals surface area contributed by atoms with Crippen molar-refractivity contribution in [3.8, 4) is 0 Å². The van der Waals surface area contributed by atoms with Gasteiger partial charge in [0.2, 0.25) is 6.41 Å². The molecule has 0 aromatic carbocycles. The summed E-state index contributed by atoms with van der Waals surface area (Å²) in [5, 5.41) is 0. The van der Waals surface area contributed by atoms with E-state index in [1.807, 2.05) is 14.9 Å². The zero-order valence-corrected chi connectivity index (χ0v) is 3.63. The van der Waals surface area contributed by atoms with Crippen LogP contribution in [0.3, 0.4) is 0 Å². The van der Waals surface area contributed by atoms with Gasteiger partial charge in [0.1, 0.15) is 0 Å². The van der Waals surface area contributed by atoms with Crippen molar-refractivity contribution in [3.63, 3.8) is 0 Å². The first-order valence-electron chi connectivity index (χ1n) is 0.964. The van der Waals surface area contributed by atoms with Crippen LogP contribution in [0.1, 0.15) is 0 Å². The van der Waals surface area contributed by atoms with Crippen LogP contribution in [0.2, 0.25) is 0 Å². The molecule has 0 rings (SSSR count). The summed E-state index contributed by atoms with van der Waals surface area (Å²) in [6.07, 6.45) is 0.438. The topological polar surface area (TPSA) is 38.3 Å². The van der Waals surface area contributed by atoms with E-state index in [-0.39, 0.29) is 29.6 Å². The Morgan fingerprint density at radius 3 is 2.33 bits per heavy atom. The van der Waals surface area contributed by atoms with E-state index in [4.69, 9.17) is 4.79 Å². The molecule has 0 heterocycles. The summed E-state index contributed by atoms with van der Waals surface area (Å²) in [6, 6.07) is 0. The second kappa shape index (κ2) is 9.29. The van der Waals surface area contributed by atoms with E-state index < -0.39 is 0 Å². The zero-order chi connectivity index (χ0) is 4.12. The quantitative estimate of drug-likeness (QED) is 0.213. The van der Waals surface area contributed by atoms with E-state index in [1.54, 1.807) is 0 Å². The van der Waals surface area contributed by atoms with Crippen LogP contribution in [0.4, 0.5) is 0 Å². The summed E-state index contributed by atoms with van der Waals surface area (Å²) in [5.41, 5.74) is 1.89. The standard InChI is InChI=1S/CH4NO2P.Na.H/c3-1-2-4-5;;/h1H,5H2,(H,2,3);;. The van der Waals surface area contributed by atoms with Gasteiger partial charge >= 0.3 is 29.6 Å². The number of hydrogen-bond donors (Lipinski definition) is 1. The Kier molecular flexibility index (Phi) is 15.4. The van der Waals surface area contributed by atoms with Crippen LogP contribution in [0, 0.1) is 0 Å². The maximum absolute atomic E-state index is 9.16. The second-order valence-corrected chi connectivity index (χ2v) is 0.589. The number of rotatable bonds is 2. The summed E-state index contributed by atoms with van der Waals surface area (Å²) in [7, 11) is 1.86. The van der Waals surface area contributed by atoms with Crippen LogP contribution in [0.15, 0.2) is 0 Å². The molecule has 1 N–H and O–H groups in total. The van der Waals surface area contributed by atoms with Gasteiger partial charge in [-0.3, -0.25) is 9.42 Å². The molecule has 0 saturated carbocycles. The van der Waals surface area contributed by atoms with E-state index in [0.29, 0.717) is 6.41 Å². The van der Waals surface area contributed by atoms with Crippen LogP contribution in [-0.4, -0.2) is 36.0 Å². The Morgan fingerprint density at radius 2 is 2.33 bits per heavy atom. The predicted molar refractivity (Wildman–Crippen MR) is 27.1 cm³/mol. The third-order valence-corrected chi connectivity index (χ3v) is 0.252. The van der Waals surface area contributed by atoms with Crippen molar-refractivity contribution >= 4 is 45.4 Å². The summed E-state index contributed by atoms with van der Waals surface area (Å²) < 4.78 is 3.99. The Balaban J connectivity index is 0. The van der Waals surface area contributed by atoms with Gasteiger partial charge in [0.25, 0.3) is 0 Å². The van der Waals surface area contributed by atoms with Gasteiger partial charge in [-0.1, -0.05) is 0 Å². The first-order chi connectivity index (χ1) is 2.41. The minimum atomic E-state index is 0. The number of amides is 1. The van der Waals surface area contributed by atoms with Gasteiger partial charge in [0.05, 0.1) is 0 Å². The monoisotopic (exact) mass is 117 g/mol. The van der Waals surface area contributed by atoms with Gasteiger partial charge in [-0.05, 0) is 0 Å². The van der Waals surface area contributed by atoms with Crippen molar-refractivity contribution in [2.75, 3.05) is 0 Å². The van der Waals surface area contributed by atoms with Crippen LogP contribution in [0.5, 0.6) is 0 Å². The molecule has 0 bridgehead atoms. The summed E-state index contributed by atoms with van der Waals surface area (Å²) in [4.78, 5) is 9.16. The molecule has 0 aliphatic carbocycles. The van der Waals surface area contributed by atoms with Crippen molar-refractivity contribution in [1.82, 2.24) is 5.48 Å². The van der Waals surface area contributed by atoms with E-state index in [2.05, 4.69) is 4.62 Å². The first kappa shape index (κ1) is 9.97. The van der Waals surface area contributed by atoms with Crippen molar-refractivity contribution in [1.29, 1.82) is 0 Å². The van der Waals surface area contributed by atoms with Crippen LogP contribution in [0.25, 0.3) is 0 Å². The van der Waals surface area contributed by atoms with E-state index in [1.165, 1.54) is 0 Å². The van der Waals surface area contributed by atoms with Gasteiger partial charge in [-0.25, -0.2) is 5.48 Å². The van der Waals surface area contributed by atoms with Crippen LogP contribution >= 0.6 is 9.47 Å². The number of hydroxylamine groups is 1. The molecule has 0 radical (unpaired) electrons. The van der Waals surface area contributed by atoms with Crippen molar-refractivity contribution in [2.45, 2.75) is 0 Å². The third-order valence-electron chi connectivity index (χ3n) is 0.116. The van der Waals surface area contributed by atoms with Crippen molar-refractivity contribution in [2.24, 2.45) is 0 Å². The SMILES string of the molecule is O=CNOP.[NaH]. The molecule has 5 heteroatoms. The van der Waals surface area contributed by atoms with Crippen molar-refractivity contribution in [3.05, 3.63) is 0 Å². The summed E-state index contributed by atoms with van der Waals surface area (Å²) in [5.74, 6) is 0. The normalized spacial score (nSPS) is 5.50. The molecular weight excluding hydrogens is 112 g/mol. The Labute approximate surface area is 60.3 Å². The third kappa shape index (κ3) is 8.85. The Morgan fingerprint density at radius 1 is 1.83 bits per heavy atom. The Hall–Kier alpha value is 0.860. The number of nitrogens with one attached hydrogen (secondary N) is 1. The fourth-order valence-electron chi connectivity index (χ4n) is 0.0278. The maximum atomic E-state index is 9.16. The molecule has 32 valence electrons. The van der Waals surface area contributed by atoms with Gasteiger partial charge in [0, 0.05) is 9.47 Å². The molecule has 0 aromatic heterocycles. The zero-order valence-electron chi connectivity index (χ0n) is 2.47. The summed E-state index contributed by atoms with van der Waals surface area (Å²) in [6.45, 7) is 0. The Bertz CT molecular complexity index is 34.7. The second-order valence-electron chi connectivity index (χ2n) is 0.354. The molecule has 0 spiro atoms. The van der Waals surface area contributed by atoms with Gasteiger partial charge < -0.3 is 0 Å². The molecule has 0 aliphatic heterocycles. The molecule has 1 amide bonds. The van der Waals surface area contributed by atoms with E-state index in [9.17, 15) is 0 Å². The van der Waals surface area contributed by atoms with Crippen LogP contribution in [-0.2, 0) is 9.42 Å². The van der Waals surface area contributed by atoms with E-state index in [0.717, 1.165) is 0 Å². The fourth-order valence-corrected chi connectivity index (χ4v) is 0.0833. The number of hydrogen-bond acceptors (Lipinski definition) is 2. The average molecular weight is 117 g/mol. The molecule has 1 unspecified atom stereocenters. The number of carbonyl (C=O) groups is 1. The molecule has 0 fully saturated rings. The molecule has 1 atom stereocenters. The molecule has 0 aromatic rings. The van der Waals surface area contributed by atoms with Crippen LogP contribution < -0.4 is 5.48 Å². The molecule has 0 aliphatic rings.